The lowest BCUT2D eigenvalue weighted by Crippen LogP contribution is -2.52. The molecule has 1 aliphatic carbocycles. The second-order valence-corrected chi connectivity index (χ2v) is 11.3. The number of carbonyl (C=O) groups excluding carboxylic acids is 2. The third-order valence-electron chi connectivity index (χ3n) is 6.61. The van der Waals surface area contributed by atoms with Crippen LogP contribution in [0.2, 0.25) is 0 Å². The summed E-state index contributed by atoms with van der Waals surface area (Å²) in [6.45, 7) is 5.42. The summed E-state index contributed by atoms with van der Waals surface area (Å²) in [5.41, 5.74) is 0. The molecule has 2 amide bonds. The number of rotatable bonds is 10. The predicted octanol–water partition coefficient (Wildman–Crippen LogP) is 2.21. The van der Waals surface area contributed by atoms with Crippen LogP contribution in [0, 0.1) is 17.8 Å². The molecule has 2 atom stereocenters. The predicted molar refractivity (Wildman–Crippen MR) is 126 cm³/mol. The Labute approximate surface area is 197 Å². The van der Waals surface area contributed by atoms with Gasteiger partial charge in [0.2, 0.25) is 21.8 Å². The molecule has 0 unspecified atom stereocenters. The Morgan fingerprint density at radius 2 is 1.73 bits per heavy atom. The first kappa shape index (κ1) is 25.6. The van der Waals surface area contributed by atoms with Crippen LogP contribution in [-0.4, -0.2) is 52.1 Å². The van der Waals surface area contributed by atoms with E-state index in [2.05, 4.69) is 15.4 Å². The van der Waals surface area contributed by atoms with Gasteiger partial charge in [0, 0.05) is 25.6 Å². The molecule has 1 aromatic rings. The molecule has 2 aliphatic rings. The zero-order chi connectivity index (χ0) is 23.8. The molecule has 1 aromatic carbocycles. The van der Waals surface area contributed by atoms with Crippen LogP contribution in [0.4, 0.5) is 0 Å². The van der Waals surface area contributed by atoms with Crippen molar-refractivity contribution in [1.82, 2.24) is 15.4 Å². The summed E-state index contributed by atoms with van der Waals surface area (Å²) in [5, 5.41) is 5.87. The lowest BCUT2D eigenvalue weighted by atomic mass is 9.81. The summed E-state index contributed by atoms with van der Waals surface area (Å²) in [6, 6.07) is 7.76. The highest BCUT2D eigenvalue weighted by Gasteiger charge is 2.31. The van der Waals surface area contributed by atoms with Gasteiger partial charge in [-0.1, -0.05) is 32.0 Å². The molecule has 8 nitrogen and oxygen atoms in total. The van der Waals surface area contributed by atoms with Crippen LogP contribution >= 0.6 is 0 Å². The normalized spacial score (nSPS) is 24.4. The monoisotopic (exact) mass is 479 g/mol. The van der Waals surface area contributed by atoms with Crippen molar-refractivity contribution in [3.05, 3.63) is 30.3 Å². The van der Waals surface area contributed by atoms with Gasteiger partial charge in [-0.3, -0.25) is 9.59 Å². The van der Waals surface area contributed by atoms with Gasteiger partial charge in [0.25, 0.3) is 0 Å². The molecule has 0 bridgehead atoms. The summed E-state index contributed by atoms with van der Waals surface area (Å²) < 4.78 is 33.1. The molecule has 3 N–H and O–H groups in total. The minimum atomic E-state index is -3.52. The van der Waals surface area contributed by atoms with Gasteiger partial charge in [-0.2, -0.15) is 0 Å². The minimum Gasteiger partial charge on any atom is -0.376 e. The molecule has 184 valence electrons. The van der Waals surface area contributed by atoms with Crippen molar-refractivity contribution in [3.8, 4) is 0 Å². The van der Waals surface area contributed by atoms with Crippen LogP contribution in [0.25, 0.3) is 0 Å². The zero-order valence-electron chi connectivity index (χ0n) is 19.6. The van der Waals surface area contributed by atoms with Gasteiger partial charge < -0.3 is 15.4 Å². The molecule has 0 spiro atoms. The highest BCUT2D eigenvalue weighted by molar-refractivity contribution is 7.89. The van der Waals surface area contributed by atoms with Gasteiger partial charge in [0.1, 0.15) is 6.04 Å². The van der Waals surface area contributed by atoms with Crippen molar-refractivity contribution in [3.63, 3.8) is 0 Å². The Morgan fingerprint density at radius 1 is 1.03 bits per heavy atom. The lowest BCUT2D eigenvalue weighted by molar-refractivity contribution is -0.133. The number of carbonyl (C=O) groups is 2. The van der Waals surface area contributed by atoms with Crippen molar-refractivity contribution < 1.29 is 22.7 Å². The van der Waals surface area contributed by atoms with Crippen LogP contribution in [0.5, 0.6) is 0 Å². The van der Waals surface area contributed by atoms with Gasteiger partial charge >= 0.3 is 0 Å². The van der Waals surface area contributed by atoms with Gasteiger partial charge in [-0.25, -0.2) is 13.1 Å². The van der Waals surface area contributed by atoms with Crippen LogP contribution in [-0.2, 0) is 24.3 Å². The average Bonchev–Trinajstić information content (AvgIpc) is 3.34. The van der Waals surface area contributed by atoms with Gasteiger partial charge in [-0.15, -0.1) is 0 Å². The third-order valence-corrected chi connectivity index (χ3v) is 8.05. The Hall–Kier alpha value is -1.97. The van der Waals surface area contributed by atoms with E-state index in [1.807, 2.05) is 13.8 Å². The van der Waals surface area contributed by atoms with Crippen molar-refractivity contribution in [2.24, 2.45) is 17.8 Å². The Bertz CT molecular complexity index is 877. The number of ether oxygens (including phenoxy) is 1. The van der Waals surface area contributed by atoms with E-state index in [9.17, 15) is 18.0 Å². The van der Waals surface area contributed by atoms with E-state index in [0.717, 1.165) is 32.3 Å². The van der Waals surface area contributed by atoms with E-state index in [4.69, 9.17) is 4.74 Å². The van der Waals surface area contributed by atoms with Crippen LogP contribution in [0.3, 0.4) is 0 Å². The van der Waals surface area contributed by atoms with Gasteiger partial charge in [0.15, 0.2) is 0 Å². The van der Waals surface area contributed by atoms with E-state index < -0.39 is 16.1 Å². The number of hydrogen-bond donors (Lipinski definition) is 3. The Kier molecular flexibility index (Phi) is 9.28. The first-order chi connectivity index (χ1) is 15.8. The molecule has 33 heavy (non-hydrogen) atoms. The van der Waals surface area contributed by atoms with Crippen molar-refractivity contribution in [1.29, 1.82) is 0 Å². The summed E-state index contributed by atoms with van der Waals surface area (Å²) in [6.07, 6.45) is 4.94. The molecular formula is C24H37N3O5S. The first-order valence-corrected chi connectivity index (χ1v) is 13.5. The fourth-order valence-electron chi connectivity index (χ4n) is 4.48. The molecule has 0 aromatic heterocycles. The van der Waals surface area contributed by atoms with E-state index in [1.165, 1.54) is 0 Å². The summed E-state index contributed by atoms with van der Waals surface area (Å²) in [4.78, 5) is 25.8. The Morgan fingerprint density at radius 3 is 2.33 bits per heavy atom. The maximum atomic E-state index is 12.9. The highest BCUT2D eigenvalue weighted by atomic mass is 32.2. The maximum Gasteiger partial charge on any atom is 0.242 e. The number of amides is 2. The summed E-state index contributed by atoms with van der Waals surface area (Å²) in [5.74, 6) is -0.244. The standard InChI is InChI=1S/C24H37N3O5S/c1-17(2)22(24(29)25-16-20-7-6-14-32-20)27-23(28)19-12-10-18(11-13-19)15-26-33(30,31)21-8-4-3-5-9-21/h3-5,8-9,17-20,22,26H,6-7,10-16H2,1-2H3,(H,25,29)(H,27,28)/t18?,19?,20-,22+/m1/s1. The molecule has 1 aliphatic heterocycles. The molecule has 2 fully saturated rings. The second kappa shape index (κ2) is 11.9. The van der Waals surface area contributed by atoms with E-state index in [1.54, 1.807) is 30.3 Å². The maximum absolute atomic E-state index is 12.9. The van der Waals surface area contributed by atoms with E-state index in [-0.39, 0.29) is 40.6 Å². The molecule has 3 rings (SSSR count). The fraction of sp³-hybridized carbons (Fsp3) is 0.667. The number of nitrogens with one attached hydrogen (secondary N) is 3. The molecule has 0 radical (unpaired) electrons. The topological polar surface area (TPSA) is 114 Å². The fourth-order valence-corrected chi connectivity index (χ4v) is 5.61. The van der Waals surface area contributed by atoms with Crippen LogP contribution in [0.1, 0.15) is 52.4 Å². The highest BCUT2D eigenvalue weighted by Crippen LogP contribution is 2.29. The van der Waals surface area contributed by atoms with Gasteiger partial charge in [0.05, 0.1) is 11.0 Å². The zero-order valence-corrected chi connectivity index (χ0v) is 20.4. The number of benzene rings is 1. The summed E-state index contributed by atoms with van der Waals surface area (Å²) >= 11 is 0. The summed E-state index contributed by atoms with van der Waals surface area (Å²) in [7, 11) is -3.52. The van der Waals surface area contributed by atoms with Crippen molar-refractivity contribution in [2.75, 3.05) is 19.7 Å². The number of hydrogen-bond acceptors (Lipinski definition) is 5. The largest absolute Gasteiger partial charge is 0.376 e. The number of sulfonamides is 1. The van der Waals surface area contributed by atoms with Gasteiger partial charge in [-0.05, 0) is 62.5 Å². The molecular weight excluding hydrogens is 442 g/mol. The third kappa shape index (κ3) is 7.52. The molecule has 9 heteroatoms. The van der Waals surface area contributed by atoms with Crippen molar-refractivity contribution in [2.45, 2.75) is 69.4 Å². The van der Waals surface area contributed by atoms with Crippen LogP contribution < -0.4 is 15.4 Å². The molecule has 1 saturated carbocycles. The van der Waals surface area contributed by atoms with E-state index in [0.29, 0.717) is 25.9 Å². The SMILES string of the molecule is CC(C)[C@H](NC(=O)C1CCC(CNS(=O)(=O)c2ccccc2)CC1)C(=O)NC[C@H]1CCCO1. The smallest absolute Gasteiger partial charge is 0.242 e. The minimum absolute atomic E-state index is 0.0258. The lowest BCUT2D eigenvalue weighted by Gasteiger charge is -2.30. The van der Waals surface area contributed by atoms with Crippen LogP contribution in [0.15, 0.2) is 35.2 Å². The second-order valence-electron chi connectivity index (χ2n) is 9.49. The molecule has 1 heterocycles. The molecule has 1 saturated heterocycles. The van der Waals surface area contributed by atoms with E-state index >= 15 is 0 Å². The average molecular weight is 480 g/mol. The van der Waals surface area contributed by atoms with Crippen molar-refractivity contribution >= 4 is 21.8 Å². The Balaban J connectivity index is 1.43. The quantitative estimate of drug-likeness (QED) is 0.476. The first-order valence-electron chi connectivity index (χ1n) is 12.0.